The summed E-state index contributed by atoms with van der Waals surface area (Å²) in [7, 11) is 3.44. The van der Waals surface area contributed by atoms with Gasteiger partial charge >= 0.3 is 0 Å². The average Bonchev–Trinajstić information content (AvgIpc) is 1.50. The molecule has 0 aromatic carbocycles. The molecule has 0 saturated heterocycles. The normalized spacial score (nSPS) is 2.00. The lowest BCUT2D eigenvalue weighted by Crippen LogP contribution is -0.489. The molecule has 4 heavy (non-hydrogen) atoms. The standard InChI is InChI=1S/2HOP/c2*1-2/h2*2H. The Labute approximate surface area is 28.4 Å². The van der Waals surface area contributed by atoms with E-state index in [-0.39, 0.29) is 0 Å². The molecule has 4 heteroatoms. The number of rotatable bonds is 0. The van der Waals surface area contributed by atoms with Crippen molar-refractivity contribution in [3.63, 3.8) is 0 Å². The molecule has 0 rings (SSSR count). The fourth-order valence-electron chi connectivity index (χ4n) is 0. The van der Waals surface area contributed by atoms with Crippen LogP contribution in [0.25, 0.3) is 0 Å². The summed E-state index contributed by atoms with van der Waals surface area (Å²) in [5.41, 5.74) is 0. The van der Waals surface area contributed by atoms with E-state index >= 15 is 0 Å². The topological polar surface area (TPSA) is 34.1 Å². The maximum absolute atomic E-state index is 8.06. The maximum Gasteiger partial charge on any atom is 0.138 e. The highest BCUT2D eigenvalue weighted by molar-refractivity contribution is 7.00. The molecule has 0 spiro atoms. The fourth-order valence-corrected chi connectivity index (χ4v) is 0. The lowest BCUT2D eigenvalue weighted by molar-refractivity contribution is 0.607. The maximum atomic E-state index is 8.06. The summed E-state index contributed by atoms with van der Waals surface area (Å²) in [5, 5.41) is 0. The number of hydrogen-bond acceptors (Lipinski definition) is 2. The van der Waals surface area contributed by atoms with Crippen molar-refractivity contribution < 1.29 is 9.13 Å². The van der Waals surface area contributed by atoms with Crippen LogP contribution in [-0.4, -0.2) is 0 Å². The highest BCUT2D eigenvalue weighted by atomic mass is 31.0. The van der Waals surface area contributed by atoms with Crippen molar-refractivity contribution in [1.29, 1.82) is 0 Å². The summed E-state index contributed by atoms with van der Waals surface area (Å²) < 4.78 is 16.1. The molecule has 0 N–H and O–H groups in total. The lowest BCUT2D eigenvalue weighted by atomic mass is 16.0. The summed E-state index contributed by atoms with van der Waals surface area (Å²) in [6, 6.07) is 0. The quantitative estimate of drug-likeness (QED) is 0.420. The van der Waals surface area contributed by atoms with Crippen LogP contribution in [-0.2, 0) is 9.13 Å². The predicted octanol–water partition coefficient (Wildman–Crippen LogP) is 0.949. The zero-order chi connectivity index (χ0) is 4.00. The Morgan fingerprint density at radius 2 is 0.750 bits per heavy atom. The SMILES string of the molecule is O=P.O=P. The highest BCUT2D eigenvalue weighted by Gasteiger charge is 0.669. The first-order chi connectivity index (χ1) is 2.00. The third-order valence-corrected chi connectivity index (χ3v) is 0. The van der Waals surface area contributed by atoms with Gasteiger partial charge in [-0.05, 0) is 0 Å². The summed E-state index contributed by atoms with van der Waals surface area (Å²) in [6.07, 6.45) is 0. The van der Waals surface area contributed by atoms with Crippen LogP contribution in [0, 0.1) is 0 Å². The van der Waals surface area contributed by atoms with Crippen LogP contribution >= 0.6 is 18.2 Å². The van der Waals surface area contributed by atoms with Gasteiger partial charge in [-0.1, -0.05) is 0 Å². The first kappa shape index (κ1) is 8.89. The van der Waals surface area contributed by atoms with Crippen molar-refractivity contribution in [2.75, 3.05) is 0 Å². The van der Waals surface area contributed by atoms with Crippen molar-refractivity contribution in [2.24, 2.45) is 0 Å². The van der Waals surface area contributed by atoms with E-state index in [0.717, 1.165) is 0 Å². The zero-order valence-corrected chi connectivity index (χ0v) is 3.82. The Kier molecular flexibility index (Phi) is 860. The summed E-state index contributed by atoms with van der Waals surface area (Å²) in [4.78, 5) is 0. The van der Waals surface area contributed by atoms with Gasteiger partial charge in [0.1, 0.15) is 18.2 Å². The average molecular weight is 96.0 g/mol. The molecule has 0 aliphatic carbocycles. The Balaban J connectivity index is 0. The molecule has 24 valence electrons. The summed E-state index contributed by atoms with van der Waals surface area (Å²) in [6.45, 7) is 0. The van der Waals surface area contributed by atoms with E-state index in [1.165, 1.54) is 0 Å². The van der Waals surface area contributed by atoms with Gasteiger partial charge in [-0.2, -0.15) is 0 Å². The lowest BCUT2D eigenvalue weighted by Gasteiger charge is -0.807. The molecular weight excluding hydrogens is 93.9 g/mol. The van der Waals surface area contributed by atoms with E-state index in [9.17, 15) is 0 Å². The first-order valence-corrected chi connectivity index (χ1v) is 1.22. The van der Waals surface area contributed by atoms with Gasteiger partial charge in [-0.25, -0.2) is 0 Å². The molecule has 0 heterocycles. The molecule has 0 aliphatic heterocycles. The Hall–Kier alpha value is 0.200. The van der Waals surface area contributed by atoms with Crippen LogP contribution < -0.4 is 0 Å². The van der Waals surface area contributed by atoms with Crippen molar-refractivity contribution in [3.8, 4) is 0 Å². The Morgan fingerprint density at radius 3 is 0.750 bits per heavy atom. The largest absolute Gasteiger partial charge is 0.279 e. The van der Waals surface area contributed by atoms with Crippen molar-refractivity contribution >= 4 is 18.2 Å². The Bertz CT molecular complexity index is 6.00. The minimum atomic E-state index is 1.72. The molecule has 0 radical (unpaired) electrons. The zero-order valence-electron chi connectivity index (χ0n) is 1.82. The van der Waals surface area contributed by atoms with Crippen LogP contribution in [0.4, 0.5) is 0 Å². The van der Waals surface area contributed by atoms with Gasteiger partial charge in [0.25, 0.3) is 0 Å². The molecule has 0 aromatic heterocycles. The van der Waals surface area contributed by atoms with Gasteiger partial charge in [0.05, 0.1) is 0 Å². The fraction of sp³-hybridized carbons (Fsp3) is 0. The molecule has 0 aromatic rings. The molecule has 2 nitrogen and oxygen atoms in total. The van der Waals surface area contributed by atoms with Crippen LogP contribution in [0.5, 0.6) is 0 Å². The van der Waals surface area contributed by atoms with Gasteiger partial charge < -0.3 is 0 Å². The third kappa shape index (κ3) is 79.2. The molecule has 0 aliphatic rings. The summed E-state index contributed by atoms with van der Waals surface area (Å²) in [5.74, 6) is 0. The van der Waals surface area contributed by atoms with Crippen molar-refractivity contribution in [2.45, 2.75) is 0 Å². The molecule has 0 bridgehead atoms. The van der Waals surface area contributed by atoms with Gasteiger partial charge in [0.2, 0.25) is 0 Å². The van der Waals surface area contributed by atoms with Gasteiger partial charge in [0, 0.05) is 0 Å². The Morgan fingerprint density at radius 1 is 0.750 bits per heavy atom. The van der Waals surface area contributed by atoms with E-state index in [4.69, 9.17) is 9.13 Å². The van der Waals surface area contributed by atoms with E-state index in [1.54, 1.807) is 18.2 Å². The second kappa shape index (κ2) is 387. The molecule has 0 saturated carbocycles. The smallest absolute Gasteiger partial charge is 0.138 e. The van der Waals surface area contributed by atoms with Crippen molar-refractivity contribution in [3.05, 3.63) is 0 Å². The van der Waals surface area contributed by atoms with E-state index < -0.39 is 0 Å². The van der Waals surface area contributed by atoms with Gasteiger partial charge in [0.15, 0.2) is 0 Å². The third-order valence-electron chi connectivity index (χ3n) is 0. The predicted molar refractivity (Wildman–Crippen MR) is 18.0 cm³/mol. The second-order valence-corrected chi connectivity index (χ2v) is 0. The van der Waals surface area contributed by atoms with Gasteiger partial charge in [-0.3, -0.25) is 9.13 Å². The van der Waals surface area contributed by atoms with E-state index in [2.05, 4.69) is 0 Å². The molecule has 0 fully saturated rings. The van der Waals surface area contributed by atoms with Crippen LogP contribution in [0.15, 0.2) is 0 Å². The monoisotopic (exact) mass is 96.0 g/mol. The van der Waals surface area contributed by atoms with Crippen LogP contribution in [0.1, 0.15) is 0 Å². The molecule has 0 unspecified atom stereocenters. The summed E-state index contributed by atoms with van der Waals surface area (Å²) >= 11 is 0. The highest BCUT2D eigenvalue weighted by Crippen LogP contribution is 1.23. The minimum absolute atomic E-state index is 1.72. The second-order valence-electron chi connectivity index (χ2n) is 0. The van der Waals surface area contributed by atoms with Crippen LogP contribution in [0.3, 0.4) is 0 Å². The van der Waals surface area contributed by atoms with Gasteiger partial charge in [-0.15, -0.1) is 0 Å². The van der Waals surface area contributed by atoms with Crippen LogP contribution in [0.2, 0.25) is 0 Å². The molecule has 0 amide bonds. The van der Waals surface area contributed by atoms with Crippen molar-refractivity contribution in [1.82, 2.24) is 0 Å². The first-order valence-electron chi connectivity index (χ1n) is 0.408. The molecular formula is H2O2P2. The number of hydrogen-bond donors (Lipinski definition) is 0. The minimum Gasteiger partial charge on any atom is -0.279 e. The van der Waals surface area contributed by atoms with E-state index in [1.807, 2.05) is 0 Å². The van der Waals surface area contributed by atoms with E-state index in [0.29, 0.717) is 0 Å². The molecule has 0 atom stereocenters.